The summed E-state index contributed by atoms with van der Waals surface area (Å²) in [6, 6.07) is 17.4. The molecule has 2 heteroatoms. The van der Waals surface area contributed by atoms with E-state index >= 15 is 0 Å². The van der Waals surface area contributed by atoms with E-state index < -0.39 is 0 Å². The van der Waals surface area contributed by atoms with Crippen LogP contribution in [0, 0.1) is 6.92 Å². The molecule has 0 spiro atoms. The van der Waals surface area contributed by atoms with Gasteiger partial charge >= 0.3 is 0 Å². The van der Waals surface area contributed by atoms with Crippen LogP contribution in [0.1, 0.15) is 24.8 Å². The number of aryl methyl sites for hydroxylation is 1. The van der Waals surface area contributed by atoms with Gasteiger partial charge in [-0.15, -0.1) is 0 Å². The van der Waals surface area contributed by atoms with Gasteiger partial charge in [-0.2, -0.15) is 0 Å². The molecule has 20 heavy (non-hydrogen) atoms. The van der Waals surface area contributed by atoms with Gasteiger partial charge in [0.15, 0.2) is 0 Å². The Labute approximate surface area is 126 Å². The molecule has 1 nitrogen and oxygen atoms in total. The molecule has 3 rings (SSSR count). The van der Waals surface area contributed by atoms with Gasteiger partial charge in [-0.1, -0.05) is 42.1 Å². The summed E-state index contributed by atoms with van der Waals surface area (Å²) in [5.41, 5.74) is 2.79. The molecule has 0 amide bonds. The summed E-state index contributed by atoms with van der Waals surface area (Å²) in [6.07, 6.45) is 4.02. The van der Waals surface area contributed by atoms with Crippen LogP contribution < -0.4 is 4.90 Å². The Morgan fingerprint density at radius 2 is 1.60 bits per heavy atom. The Morgan fingerprint density at radius 1 is 0.850 bits per heavy atom. The summed E-state index contributed by atoms with van der Waals surface area (Å²) in [5.74, 6) is 0. The Morgan fingerprint density at radius 3 is 2.35 bits per heavy atom. The summed E-state index contributed by atoms with van der Waals surface area (Å²) in [6.45, 7) is 4.62. The second kappa shape index (κ2) is 6.36. The number of piperidine rings is 1. The Hall–Kier alpha value is -1.41. The topological polar surface area (TPSA) is 3.24 Å². The third-order valence-electron chi connectivity index (χ3n) is 3.85. The molecule has 0 atom stereocenters. The predicted octanol–water partition coefficient (Wildman–Crippen LogP) is 5.14. The van der Waals surface area contributed by atoms with E-state index in [0.29, 0.717) is 0 Å². The first-order valence-electron chi connectivity index (χ1n) is 7.42. The highest BCUT2D eigenvalue weighted by molar-refractivity contribution is 7.99. The highest BCUT2D eigenvalue weighted by Gasteiger charge is 2.16. The summed E-state index contributed by atoms with van der Waals surface area (Å²) in [4.78, 5) is 5.29. The van der Waals surface area contributed by atoms with Crippen molar-refractivity contribution in [1.29, 1.82) is 0 Å². The maximum absolute atomic E-state index is 2.56. The monoisotopic (exact) mass is 283 g/mol. The smallest absolute Gasteiger partial charge is 0.0510 e. The van der Waals surface area contributed by atoms with E-state index in [1.165, 1.54) is 53.4 Å². The Bertz CT molecular complexity index is 559. The van der Waals surface area contributed by atoms with Crippen LogP contribution in [0.4, 0.5) is 5.69 Å². The first kappa shape index (κ1) is 13.6. The molecule has 0 bridgehead atoms. The van der Waals surface area contributed by atoms with Crippen LogP contribution >= 0.6 is 11.8 Å². The molecule has 1 heterocycles. The fraction of sp³-hybridized carbons (Fsp3) is 0.333. The van der Waals surface area contributed by atoms with Crippen molar-refractivity contribution in [3.63, 3.8) is 0 Å². The predicted molar refractivity (Wildman–Crippen MR) is 87.8 cm³/mol. The van der Waals surface area contributed by atoms with Gasteiger partial charge in [0.1, 0.15) is 0 Å². The van der Waals surface area contributed by atoms with Crippen LogP contribution in [0.3, 0.4) is 0 Å². The maximum Gasteiger partial charge on any atom is 0.0510 e. The molecule has 104 valence electrons. The number of rotatable bonds is 3. The first-order chi connectivity index (χ1) is 9.84. The molecule has 0 unspecified atom stereocenters. The fourth-order valence-corrected chi connectivity index (χ4v) is 3.82. The van der Waals surface area contributed by atoms with Gasteiger partial charge in [0, 0.05) is 22.9 Å². The quantitative estimate of drug-likeness (QED) is 0.767. The summed E-state index contributed by atoms with van der Waals surface area (Å²) in [5, 5.41) is 0. The summed E-state index contributed by atoms with van der Waals surface area (Å²) >= 11 is 1.89. The highest BCUT2D eigenvalue weighted by Crippen LogP contribution is 2.38. The van der Waals surface area contributed by atoms with Gasteiger partial charge < -0.3 is 4.90 Å². The third kappa shape index (κ3) is 3.01. The molecule has 0 radical (unpaired) electrons. The van der Waals surface area contributed by atoms with Crippen molar-refractivity contribution in [2.45, 2.75) is 36.0 Å². The highest BCUT2D eigenvalue weighted by atomic mass is 32.2. The number of nitrogens with zero attached hydrogens (tertiary/aromatic N) is 1. The van der Waals surface area contributed by atoms with E-state index in [1.54, 1.807) is 0 Å². The molecule has 1 aliphatic heterocycles. The lowest BCUT2D eigenvalue weighted by Gasteiger charge is -2.31. The number of benzene rings is 2. The average molecular weight is 283 g/mol. The molecule has 0 aliphatic carbocycles. The minimum absolute atomic E-state index is 1.20. The lowest BCUT2D eigenvalue weighted by Crippen LogP contribution is -2.29. The van der Waals surface area contributed by atoms with Crippen LogP contribution in [0.15, 0.2) is 58.3 Å². The molecule has 0 N–H and O–H groups in total. The zero-order chi connectivity index (χ0) is 13.8. The van der Waals surface area contributed by atoms with Gasteiger partial charge in [-0.3, -0.25) is 0 Å². The Balaban J connectivity index is 1.92. The van der Waals surface area contributed by atoms with Crippen molar-refractivity contribution in [2.24, 2.45) is 0 Å². The van der Waals surface area contributed by atoms with Gasteiger partial charge in [0.05, 0.1) is 5.69 Å². The van der Waals surface area contributed by atoms with Crippen LogP contribution in [0.5, 0.6) is 0 Å². The van der Waals surface area contributed by atoms with E-state index in [-0.39, 0.29) is 0 Å². The lowest BCUT2D eigenvalue weighted by molar-refractivity contribution is 0.575. The summed E-state index contributed by atoms with van der Waals surface area (Å²) in [7, 11) is 0. The largest absolute Gasteiger partial charge is 0.371 e. The molecule has 1 fully saturated rings. The van der Waals surface area contributed by atoms with E-state index in [1.807, 2.05) is 11.8 Å². The maximum atomic E-state index is 2.56. The molecule has 1 aliphatic rings. The van der Waals surface area contributed by atoms with Crippen LogP contribution in [0.2, 0.25) is 0 Å². The van der Waals surface area contributed by atoms with Crippen molar-refractivity contribution in [3.8, 4) is 0 Å². The second-order valence-corrected chi connectivity index (χ2v) is 6.47. The van der Waals surface area contributed by atoms with Crippen LogP contribution in [-0.2, 0) is 0 Å². The van der Waals surface area contributed by atoms with Crippen molar-refractivity contribution < 1.29 is 0 Å². The average Bonchev–Trinajstić information content (AvgIpc) is 2.51. The number of anilines is 1. The first-order valence-corrected chi connectivity index (χ1v) is 8.24. The number of hydrogen-bond acceptors (Lipinski definition) is 2. The Kier molecular flexibility index (Phi) is 4.31. The van der Waals surface area contributed by atoms with Gasteiger partial charge in [0.25, 0.3) is 0 Å². The molecule has 2 aromatic rings. The van der Waals surface area contributed by atoms with E-state index in [2.05, 4.69) is 60.4 Å². The minimum atomic E-state index is 1.20. The molecule has 2 aromatic carbocycles. The van der Waals surface area contributed by atoms with Crippen molar-refractivity contribution in [2.75, 3.05) is 18.0 Å². The zero-order valence-electron chi connectivity index (χ0n) is 12.0. The molecule has 0 saturated carbocycles. The van der Waals surface area contributed by atoms with Gasteiger partial charge in [0.2, 0.25) is 0 Å². The third-order valence-corrected chi connectivity index (χ3v) is 5.09. The van der Waals surface area contributed by atoms with Crippen molar-refractivity contribution in [3.05, 3.63) is 54.1 Å². The van der Waals surface area contributed by atoms with E-state index in [9.17, 15) is 0 Å². The van der Waals surface area contributed by atoms with Crippen molar-refractivity contribution >= 4 is 17.4 Å². The number of hydrogen-bond donors (Lipinski definition) is 0. The summed E-state index contributed by atoms with van der Waals surface area (Å²) < 4.78 is 0. The lowest BCUT2D eigenvalue weighted by atomic mass is 10.1. The van der Waals surface area contributed by atoms with Gasteiger partial charge in [-0.05, 0) is 49.9 Å². The van der Waals surface area contributed by atoms with E-state index in [4.69, 9.17) is 0 Å². The standard InChI is InChI=1S/C18H21NS/c1-15-9-8-12-17(19-13-6-3-7-14-19)18(15)20-16-10-4-2-5-11-16/h2,4-5,8-12H,3,6-7,13-14H2,1H3. The molecule has 1 saturated heterocycles. The fourth-order valence-electron chi connectivity index (χ4n) is 2.76. The molecular weight excluding hydrogens is 262 g/mol. The normalized spacial score (nSPS) is 15.3. The zero-order valence-corrected chi connectivity index (χ0v) is 12.8. The molecular formula is C18H21NS. The second-order valence-electron chi connectivity index (χ2n) is 5.39. The minimum Gasteiger partial charge on any atom is -0.371 e. The molecule has 0 aromatic heterocycles. The van der Waals surface area contributed by atoms with Crippen molar-refractivity contribution in [1.82, 2.24) is 0 Å². The van der Waals surface area contributed by atoms with E-state index in [0.717, 1.165) is 0 Å². The SMILES string of the molecule is Cc1cccc(N2CCCCC2)c1Sc1ccccc1. The van der Waals surface area contributed by atoms with Crippen LogP contribution in [0.25, 0.3) is 0 Å². The van der Waals surface area contributed by atoms with Crippen LogP contribution in [-0.4, -0.2) is 13.1 Å². The van der Waals surface area contributed by atoms with Gasteiger partial charge in [-0.25, -0.2) is 0 Å².